The molecule has 1 heterocycles. The molecule has 2 aromatic carbocycles. The van der Waals surface area contributed by atoms with Crippen LogP contribution in [0.2, 0.25) is 0 Å². The zero-order valence-corrected chi connectivity index (χ0v) is 13.4. The molecule has 0 atom stereocenters. The standard InChI is InChI=1S/C17H14N6O3/c18-16(19)10-3-1-2-9(6-10)13-8-15(26-22-13)12-7-11(17(20)21)4-5-14(12)23(24)25/h1-8H,(H3,18,19)(H3,20,21). The third-order valence-corrected chi connectivity index (χ3v) is 3.75. The highest BCUT2D eigenvalue weighted by molar-refractivity contribution is 5.97. The van der Waals surface area contributed by atoms with Gasteiger partial charge in [-0.1, -0.05) is 23.4 Å². The molecule has 3 rings (SSSR count). The van der Waals surface area contributed by atoms with Gasteiger partial charge in [-0.3, -0.25) is 20.9 Å². The average molecular weight is 350 g/mol. The Morgan fingerprint density at radius 2 is 1.73 bits per heavy atom. The van der Waals surface area contributed by atoms with Crippen LogP contribution in [0.3, 0.4) is 0 Å². The van der Waals surface area contributed by atoms with E-state index in [4.69, 9.17) is 26.8 Å². The Morgan fingerprint density at radius 1 is 1.04 bits per heavy atom. The number of nitrogens with one attached hydrogen (secondary N) is 2. The lowest BCUT2D eigenvalue weighted by Gasteiger charge is -2.02. The van der Waals surface area contributed by atoms with E-state index in [-0.39, 0.29) is 28.7 Å². The molecule has 0 aliphatic heterocycles. The quantitative estimate of drug-likeness (QED) is 0.238. The van der Waals surface area contributed by atoms with Gasteiger partial charge in [0, 0.05) is 28.8 Å². The highest BCUT2D eigenvalue weighted by Gasteiger charge is 2.21. The summed E-state index contributed by atoms with van der Waals surface area (Å²) in [6.45, 7) is 0. The fourth-order valence-corrected chi connectivity index (χ4v) is 2.44. The third-order valence-electron chi connectivity index (χ3n) is 3.75. The van der Waals surface area contributed by atoms with E-state index >= 15 is 0 Å². The number of nitrogen functional groups attached to an aromatic ring is 2. The van der Waals surface area contributed by atoms with Crippen LogP contribution in [-0.4, -0.2) is 21.8 Å². The third kappa shape index (κ3) is 3.13. The molecule has 130 valence electrons. The molecule has 0 fully saturated rings. The molecule has 0 saturated carbocycles. The number of benzene rings is 2. The van der Waals surface area contributed by atoms with Crippen LogP contribution in [0.15, 0.2) is 53.1 Å². The van der Waals surface area contributed by atoms with E-state index < -0.39 is 4.92 Å². The van der Waals surface area contributed by atoms with E-state index in [2.05, 4.69) is 5.16 Å². The zero-order chi connectivity index (χ0) is 18.8. The minimum atomic E-state index is -0.544. The maximum Gasteiger partial charge on any atom is 0.280 e. The Balaban J connectivity index is 2.09. The molecule has 26 heavy (non-hydrogen) atoms. The van der Waals surface area contributed by atoms with E-state index in [1.54, 1.807) is 30.3 Å². The lowest BCUT2D eigenvalue weighted by Crippen LogP contribution is -2.11. The smallest absolute Gasteiger partial charge is 0.280 e. The molecule has 1 aromatic heterocycles. The number of aromatic nitrogens is 1. The predicted molar refractivity (Wildman–Crippen MR) is 96.1 cm³/mol. The van der Waals surface area contributed by atoms with Crippen LogP contribution in [0.1, 0.15) is 11.1 Å². The number of nitro benzene ring substituents is 1. The summed E-state index contributed by atoms with van der Waals surface area (Å²) >= 11 is 0. The SMILES string of the molecule is N=C(N)c1cccc(-c2cc(-c3cc(C(=N)N)ccc3[N+](=O)[O-])on2)c1. The van der Waals surface area contributed by atoms with Crippen molar-refractivity contribution in [3.8, 4) is 22.6 Å². The van der Waals surface area contributed by atoms with Gasteiger partial charge in [-0.15, -0.1) is 0 Å². The molecule has 0 radical (unpaired) electrons. The van der Waals surface area contributed by atoms with E-state index in [1.165, 1.54) is 18.2 Å². The minimum Gasteiger partial charge on any atom is -0.384 e. The molecule has 3 aromatic rings. The van der Waals surface area contributed by atoms with Gasteiger partial charge in [0.1, 0.15) is 17.4 Å². The van der Waals surface area contributed by atoms with Gasteiger partial charge in [0.25, 0.3) is 5.69 Å². The number of hydrogen-bond donors (Lipinski definition) is 4. The van der Waals surface area contributed by atoms with Crippen LogP contribution >= 0.6 is 0 Å². The van der Waals surface area contributed by atoms with Crippen molar-refractivity contribution < 1.29 is 9.45 Å². The van der Waals surface area contributed by atoms with Gasteiger partial charge in [0.2, 0.25) is 0 Å². The number of rotatable bonds is 5. The van der Waals surface area contributed by atoms with Crippen molar-refractivity contribution in [1.29, 1.82) is 10.8 Å². The van der Waals surface area contributed by atoms with Crippen molar-refractivity contribution in [2.45, 2.75) is 0 Å². The normalized spacial score (nSPS) is 10.5. The van der Waals surface area contributed by atoms with Crippen molar-refractivity contribution in [2.24, 2.45) is 11.5 Å². The van der Waals surface area contributed by atoms with E-state index in [9.17, 15) is 10.1 Å². The molecule has 0 bridgehead atoms. The summed E-state index contributed by atoms with van der Waals surface area (Å²) in [5, 5.41) is 30.2. The van der Waals surface area contributed by atoms with Crippen LogP contribution in [0.4, 0.5) is 5.69 Å². The van der Waals surface area contributed by atoms with Crippen molar-refractivity contribution in [3.05, 3.63) is 69.8 Å². The first-order valence-corrected chi connectivity index (χ1v) is 7.41. The first kappa shape index (κ1) is 16.8. The Bertz CT molecular complexity index is 1040. The molecule has 6 N–H and O–H groups in total. The molecular formula is C17H14N6O3. The van der Waals surface area contributed by atoms with Crippen molar-refractivity contribution in [2.75, 3.05) is 0 Å². The van der Waals surface area contributed by atoms with Crippen LogP contribution in [0.25, 0.3) is 22.6 Å². The largest absolute Gasteiger partial charge is 0.384 e. The van der Waals surface area contributed by atoms with Crippen molar-refractivity contribution >= 4 is 17.4 Å². The van der Waals surface area contributed by atoms with Crippen LogP contribution in [-0.2, 0) is 0 Å². The molecule has 0 unspecified atom stereocenters. The second-order valence-corrected chi connectivity index (χ2v) is 5.47. The van der Waals surface area contributed by atoms with Gasteiger partial charge < -0.3 is 16.0 Å². The maximum absolute atomic E-state index is 11.3. The van der Waals surface area contributed by atoms with Crippen LogP contribution in [0, 0.1) is 20.9 Å². The molecule has 9 heteroatoms. The number of amidine groups is 2. The summed E-state index contributed by atoms with van der Waals surface area (Å²) in [5.74, 6) is -0.126. The summed E-state index contributed by atoms with van der Waals surface area (Å²) in [7, 11) is 0. The van der Waals surface area contributed by atoms with E-state index in [1.807, 2.05) is 0 Å². The summed E-state index contributed by atoms with van der Waals surface area (Å²) < 4.78 is 5.28. The molecule has 0 aliphatic rings. The Morgan fingerprint density at radius 3 is 2.38 bits per heavy atom. The van der Waals surface area contributed by atoms with Crippen LogP contribution in [0.5, 0.6) is 0 Å². The number of hydrogen-bond acceptors (Lipinski definition) is 6. The van der Waals surface area contributed by atoms with Crippen molar-refractivity contribution in [3.63, 3.8) is 0 Å². The Labute approximate surface area is 147 Å². The van der Waals surface area contributed by atoms with Gasteiger partial charge in [-0.2, -0.15) is 0 Å². The summed E-state index contributed by atoms with van der Waals surface area (Å²) in [6, 6.07) is 12.5. The highest BCUT2D eigenvalue weighted by atomic mass is 16.6. The summed E-state index contributed by atoms with van der Waals surface area (Å²) in [4.78, 5) is 10.7. The molecule has 0 aliphatic carbocycles. The molecule has 0 saturated heterocycles. The summed E-state index contributed by atoms with van der Waals surface area (Å²) in [5.41, 5.74) is 12.9. The number of nitrogens with zero attached hydrogens (tertiary/aromatic N) is 2. The lowest BCUT2D eigenvalue weighted by atomic mass is 10.0. The van der Waals surface area contributed by atoms with Crippen molar-refractivity contribution in [1.82, 2.24) is 5.16 Å². The van der Waals surface area contributed by atoms with E-state index in [0.29, 0.717) is 22.4 Å². The molecule has 9 nitrogen and oxygen atoms in total. The first-order valence-electron chi connectivity index (χ1n) is 7.41. The molecule has 0 spiro atoms. The van der Waals surface area contributed by atoms with Gasteiger partial charge in [0.05, 0.1) is 10.5 Å². The van der Waals surface area contributed by atoms with Gasteiger partial charge >= 0.3 is 0 Å². The maximum atomic E-state index is 11.3. The van der Waals surface area contributed by atoms with Crippen LogP contribution < -0.4 is 11.5 Å². The zero-order valence-electron chi connectivity index (χ0n) is 13.4. The van der Waals surface area contributed by atoms with Gasteiger partial charge in [0.15, 0.2) is 5.76 Å². The average Bonchev–Trinajstić information content (AvgIpc) is 3.11. The highest BCUT2D eigenvalue weighted by Crippen LogP contribution is 2.33. The fraction of sp³-hybridized carbons (Fsp3) is 0. The second kappa shape index (κ2) is 6.48. The Kier molecular flexibility index (Phi) is 4.19. The monoisotopic (exact) mass is 350 g/mol. The molecular weight excluding hydrogens is 336 g/mol. The number of nitrogens with two attached hydrogens (primary N) is 2. The first-order chi connectivity index (χ1) is 12.4. The second-order valence-electron chi connectivity index (χ2n) is 5.47. The van der Waals surface area contributed by atoms with E-state index in [0.717, 1.165) is 0 Å². The van der Waals surface area contributed by atoms with Gasteiger partial charge in [-0.05, 0) is 18.2 Å². The predicted octanol–water partition coefficient (Wildman–Crippen LogP) is 2.48. The number of nitro groups is 1. The topological polar surface area (TPSA) is 169 Å². The minimum absolute atomic E-state index is 0.0830. The fourth-order valence-electron chi connectivity index (χ4n) is 2.44. The lowest BCUT2D eigenvalue weighted by molar-refractivity contribution is -0.384. The summed E-state index contributed by atoms with van der Waals surface area (Å²) in [6.07, 6.45) is 0. The van der Waals surface area contributed by atoms with Gasteiger partial charge in [-0.25, -0.2) is 0 Å². The molecule has 0 amide bonds. The Hall–Kier alpha value is -4.01.